The van der Waals surface area contributed by atoms with E-state index in [9.17, 15) is 10.1 Å². The van der Waals surface area contributed by atoms with E-state index in [0.29, 0.717) is 34.7 Å². The minimum absolute atomic E-state index is 0.257. The number of aryl methyl sites for hydroxylation is 1. The van der Waals surface area contributed by atoms with Crippen molar-refractivity contribution in [2.75, 3.05) is 17.6 Å². The molecule has 0 atom stereocenters. The van der Waals surface area contributed by atoms with E-state index in [1.165, 1.54) is 16.6 Å². The monoisotopic (exact) mass is 500 g/mol. The predicted octanol–water partition coefficient (Wildman–Crippen LogP) is 5.58. The maximum atomic E-state index is 12.6. The highest BCUT2D eigenvalue weighted by molar-refractivity contribution is 6.05. The van der Waals surface area contributed by atoms with E-state index in [0.717, 1.165) is 29.6 Å². The Morgan fingerprint density at radius 3 is 2.61 bits per heavy atom. The van der Waals surface area contributed by atoms with Crippen LogP contribution in [-0.2, 0) is 13.0 Å². The second-order valence-corrected chi connectivity index (χ2v) is 9.17. The van der Waals surface area contributed by atoms with Crippen LogP contribution in [-0.4, -0.2) is 22.4 Å². The molecule has 0 bridgehead atoms. The fourth-order valence-electron chi connectivity index (χ4n) is 4.61. The molecule has 7 nitrogen and oxygen atoms in total. The summed E-state index contributed by atoms with van der Waals surface area (Å²) in [6.07, 6.45) is 2.70. The van der Waals surface area contributed by atoms with E-state index < -0.39 is 0 Å². The van der Waals surface area contributed by atoms with Gasteiger partial charge in [-0.2, -0.15) is 5.26 Å². The Hall–Kier alpha value is -4.93. The minimum Gasteiger partial charge on any atom is -0.397 e. The summed E-state index contributed by atoms with van der Waals surface area (Å²) in [5, 5.41) is 17.3. The molecular formula is C31H28N6O. The van der Waals surface area contributed by atoms with E-state index in [1.54, 1.807) is 42.6 Å². The number of anilines is 2. The molecule has 0 aliphatic rings. The normalized spacial score (nSPS) is 10.8. The largest absolute Gasteiger partial charge is 0.397 e. The first-order chi connectivity index (χ1) is 18.5. The Morgan fingerprint density at radius 1 is 1.05 bits per heavy atom. The number of rotatable bonds is 8. The molecule has 5 rings (SSSR count). The number of pyridine rings is 1. The van der Waals surface area contributed by atoms with Crippen LogP contribution in [0.5, 0.6) is 0 Å². The van der Waals surface area contributed by atoms with Crippen molar-refractivity contribution >= 4 is 28.2 Å². The molecule has 3 aromatic carbocycles. The van der Waals surface area contributed by atoms with E-state index in [4.69, 9.17) is 5.73 Å². The van der Waals surface area contributed by atoms with Gasteiger partial charge in [-0.05, 0) is 67.4 Å². The summed E-state index contributed by atoms with van der Waals surface area (Å²) < 4.78 is 0. The number of nitrogens with one attached hydrogen (secondary N) is 3. The number of nitrogens with two attached hydrogens (primary N) is 1. The van der Waals surface area contributed by atoms with E-state index in [2.05, 4.69) is 51.8 Å². The number of benzene rings is 3. The number of para-hydroxylation sites is 3. The molecule has 7 heteroatoms. The molecule has 0 unspecified atom stereocenters. The Labute approximate surface area is 221 Å². The van der Waals surface area contributed by atoms with Crippen LogP contribution in [0, 0.1) is 18.3 Å². The first-order valence-electron chi connectivity index (χ1n) is 12.5. The average Bonchev–Trinajstić information content (AvgIpc) is 3.27. The number of amides is 1. The number of H-pyrrole nitrogens is 1. The van der Waals surface area contributed by atoms with Crippen molar-refractivity contribution in [3.05, 3.63) is 113 Å². The molecule has 38 heavy (non-hydrogen) atoms. The summed E-state index contributed by atoms with van der Waals surface area (Å²) in [6, 6.07) is 26.6. The molecule has 0 saturated carbocycles. The molecule has 0 aliphatic heterocycles. The standard InChI is InChI=1S/C31H28N6O/c1-20-25(26-6-2-4-8-28(26)36-20)14-15-34-18-21-16-24(17-32)30(35-19-21)22-10-12-23(13-11-22)31(38)37-29-9-5-3-7-27(29)33/h2-13,16,19,34,36H,14-15,18,33H2,1H3,(H,37,38). The van der Waals surface area contributed by atoms with Gasteiger partial charge in [-0.1, -0.05) is 42.5 Å². The summed E-state index contributed by atoms with van der Waals surface area (Å²) in [6.45, 7) is 3.53. The molecule has 0 aliphatic carbocycles. The second kappa shape index (κ2) is 11.0. The molecule has 0 saturated heterocycles. The third-order valence-corrected chi connectivity index (χ3v) is 6.60. The lowest BCUT2D eigenvalue weighted by atomic mass is 10.0. The lowest BCUT2D eigenvalue weighted by Gasteiger charge is -2.10. The smallest absolute Gasteiger partial charge is 0.255 e. The third kappa shape index (κ3) is 5.26. The SMILES string of the molecule is Cc1[nH]c2ccccc2c1CCNCc1cnc(-c2ccc(C(=O)Nc3ccccc3N)cc2)c(C#N)c1. The van der Waals surface area contributed by atoms with Crippen molar-refractivity contribution in [1.82, 2.24) is 15.3 Å². The Morgan fingerprint density at radius 2 is 1.82 bits per heavy atom. The summed E-state index contributed by atoms with van der Waals surface area (Å²) in [4.78, 5) is 20.6. The van der Waals surface area contributed by atoms with Gasteiger partial charge in [0.2, 0.25) is 0 Å². The number of nitriles is 1. The maximum Gasteiger partial charge on any atom is 0.255 e. The first-order valence-corrected chi connectivity index (χ1v) is 12.5. The fraction of sp³-hybridized carbons (Fsp3) is 0.129. The quantitative estimate of drug-likeness (QED) is 0.164. The highest BCUT2D eigenvalue weighted by Crippen LogP contribution is 2.24. The fourth-order valence-corrected chi connectivity index (χ4v) is 4.61. The van der Waals surface area contributed by atoms with Crippen LogP contribution in [0.15, 0.2) is 85.1 Å². The minimum atomic E-state index is -0.257. The van der Waals surface area contributed by atoms with Gasteiger partial charge in [-0.15, -0.1) is 0 Å². The molecule has 5 aromatic rings. The average molecular weight is 501 g/mol. The molecule has 0 radical (unpaired) electrons. The number of hydrogen-bond donors (Lipinski definition) is 4. The topological polar surface area (TPSA) is 120 Å². The van der Waals surface area contributed by atoms with Crippen LogP contribution in [0.4, 0.5) is 11.4 Å². The van der Waals surface area contributed by atoms with Crippen LogP contribution >= 0.6 is 0 Å². The van der Waals surface area contributed by atoms with Crippen molar-refractivity contribution in [1.29, 1.82) is 5.26 Å². The summed E-state index contributed by atoms with van der Waals surface area (Å²) >= 11 is 0. The molecule has 1 amide bonds. The number of fused-ring (bicyclic) bond motifs is 1. The van der Waals surface area contributed by atoms with Crippen LogP contribution in [0.25, 0.3) is 22.2 Å². The summed E-state index contributed by atoms with van der Waals surface area (Å²) in [7, 11) is 0. The van der Waals surface area contributed by atoms with Crippen molar-refractivity contribution in [2.24, 2.45) is 0 Å². The third-order valence-electron chi connectivity index (χ3n) is 6.60. The molecular weight excluding hydrogens is 472 g/mol. The van der Waals surface area contributed by atoms with Crippen LogP contribution < -0.4 is 16.4 Å². The molecule has 0 fully saturated rings. The van der Waals surface area contributed by atoms with E-state index >= 15 is 0 Å². The van der Waals surface area contributed by atoms with Crippen LogP contribution in [0.2, 0.25) is 0 Å². The highest BCUT2D eigenvalue weighted by atomic mass is 16.1. The summed E-state index contributed by atoms with van der Waals surface area (Å²) in [5.74, 6) is -0.257. The van der Waals surface area contributed by atoms with Gasteiger partial charge < -0.3 is 21.4 Å². The zero-order chi connectivity index (χ0) is 26.5. The zero-order valence-electron chi connectivity index (χ0n) is 21.1. The van der Waals surface area contributed by atoms with Gasteiger partial charge in [0.25, 0.3) is 5.91 Å². The molecule has 0 spiro atoms. The molecule has 2 aromatic heterocycles. The number of nitrogens with zero attached hydrogens (tertiary/aromatic N) is 2. The zero-order valence-corrected chi connectivity index (χ0v) is 21.1. The van der Waals surface area contributed by atoms with E-state index in [1.807, 2.05) is 24.3 Å². The van der Waals surface area contributed by atoms with Crippen LogP contribution in [0.3, 0.4) is 0 Å². The van der Waals surface area contributed by atoms with Gasteiger partial charge in [0.1, 0.15) is 6.07 Å². The Bertz CT molecular complexity index is 1650. The molecule has 5 N–H and O–H groups in total. The molecule has 2 heterocycles. The first kappa shape index (κ1) is 24.8. The van der Waals surface area contributed by atoms with Gasteiger partial charge in [0.05, 0.1) is 22.6 Å². The number of carbonyl (C=O) groups is 1. The Kier molecular flexibility index (Phi) is 7.16. The highest BCUT2D eigenvalue weighted by Gasteiger charge is 2.12. The van der Waals surface area contributed by atoms with Gasteiger partial charge in [-0.3, -0.25) is 9.78 Å². The van der Waals surface area contributed by atoms with Gasteiger partial charge in [-0.25, -0.2) is 0 Å². The second-order valence-electron chi connectivity index (χ2n) is 9.17. The number of nitrogen functional groups attached to an aromatic ring is 1. The number of aromatic amines is 1. The van der Waals surface area contributed by atoms with Crippen molar-refractivity contribution in [3.8, 4) is 17.3 Å². The van der Waals surface area contributed by atoms with Crippen molar-refractivity contribution in [3.63, 3.8) is 0 Å². The maximum absolute atomic E-state index is 12.6. The number of carbonyl (C=O) groups excluding carboxylic acids is 1. The lowest BCUT2D eigenvalue weighted by Crippen LogP contribution is -2.17. The van der Waals surface area contributed by atoms with Gasteiger partial charge >= 0.3 is 0 Å². The summed E-state index contributed by atoms with van der Waals surface area (Å²) in [5.41, 5.74) is 13.9. The van der Waals surface area contributed by atoms with Crippen molar-refractivity contribution < 1.29 is 4.79 Å². The van der Waals surface area contributed by atoms with Crippen molar-refractivity contribution in [2.45, 2.75) is 19.9 Å². The van der Waals surface area contributed by atoms with Gasteiger partial charge in [0.15, 0.2) is 0 Å². The number of aromatic nitrogens is 2. The molecule has 188 valence electrons. The lowest BCUT2D eigenvalue weighted by molar-refractivity contribution is 0.102. The predicted molar refractivity (Wildman–Crippen MR) is 152 cm³/mol. The van der Waals surface area contributed by atoms with Crippen LogP contribution in [0.1, 0.15) is 32.7 Å². The Balaban J connectivity index is 1.22. The number of hydrogen-bond acceptors (Lipinski definition) is 5. The van der Waals surface area contributed by atoms with Gasteiger partial charge in [0, 0.05) is 40.5 Å². The van der Waals surface area contributed by atoms with E-state index in [-0.39, 0.29) is 5.91 Å².